The van der Waals surface area contributed by atoms with Gasteiger partial charge in [-0.2, -0.15) is 5.10 Å². The Morgan fingerprint density at radius 1 is 1.67 bits per heavy atom. The molecule has 100 valence electrons. The normalized spacial score (nSPS) is 23.6. The molecule has 2 atom stereocenters. The smallest absolute Gasteiger partial charge is 0.244 e. The van der Waals surface area contributed by atoms with Crippen molar-refractivity contribution in [1.29, 1.82) is 0 Å². The lowest BCUT2D eigenvalue weighted by atomic mass is 10.2. The third kappa shape index (κ3) is 2.70. The zero-order valence-corrected chi connectivity index (χ0v) is 10.7. The number of carbonyl (C=O) groups excluding carboxylic acids is 1. The summed E-state index contributed by atoms with van der Waals surface area (Å²) in [6.45, 7) is 2.66. The summed E-state index contributed by atoms with van der Waals surface area (Å²) in [6.07, 6.45) is 4.26. The second-order valence-electron chi connectivity index (χ2n) is 4.69. The molecule has 0 radical (unpaired) electrons. The number of aliphatic hydroxyl groups excluding tert-OH is 1. The van der Waals surface area contributed by atoms with E-state index in [0.29, 0.717) is 13.0 Å². The summed E-state index contributed by atoms with van der Waals surface area (Å²) in [6, 6.07) is -0.140. The predicted octanol–water partition coefficient (Wildman–Crippen LogP) is -0.200. The molecule has 2 heterocycles. The minimum atomic E-state index is -0.140. The molecule has 0 aliphatic carbocycles. The summed E-state index contributed by atoms with van der Waals surface area (Å²) >= 11 is 0. The van der Waals surface area contributed by atoms with Crippen molar-refractivity contribution in [3.05, 3.63) is 18.0 Å². The van der Waals surface area contributed by atoms with Gasteiger partial charge in [-0.05, 0) is 18.9 Å². The van der Waals surface area contributed by atoms with Gasteiger partial charge in [-0.25, -0.2) is 0 Å². The maximum absolute atomic E-state index is 12.2. The van der Waals surface area contributed by atoms with Crippen LogP contribution < -0.4 is 0 Å². The number of amides is 1. The van der Waals surface area contributed by atoms with Crippen LogP contribution in [0.15, 0.2) is 12.4 Å². The Labute approximate surface area is 106 Å². The Balaban J connectivity index is 1.99. The molecule has 1 aromatic rings. The van der Waals surface area contributed by atoms with E-state index in [4.69, 9.17) is 4.74 Å². The number of likely N-dealkylation sites (tertiary alicyclic amines) is 1. The van der Waals surface area contributed by atoms with Gasteiger partial charge in [0.05, 0.1) is 24.9 Å². The highest BCUT2D eigenvalue weighted by Crippen LogP contribution is 2.20. The van der Waals surface area contributed by atoms with E-state index in [9.17, 15) is 9.90 Å². The first-order valence-corrected chi connectivity index (χ1v) is 6.06. The molecule has 0 unspecified atom stereocenters. The lowest BCUT2D eigenvalue weighted by Crippen LogP contribution is -2.40. The van der Waals surface area contributed by atoms with Crippen molar-refractivity contribution >= 4 is 5.91 Å². The average Bonchev–Trinajstić information content (AvgIpc) is 2.95. The molecule has 6 nitrogen and oxygen atoms in total. The summed E-state index contributed by atoms with van der Waals surface area (Å²) in [5.74, 6) is -0.0308. The summed E-state index contributed by atoms with van der Waals surface area (Å²) < 4.78 is 6.87. The quantitative estimate of drug-likeness (QED) is 0.807. The number of carbonyl (C=O) groups is 1. The highest BCUT2D eigenvalue weighted by atomic mass is 16.5. The third-order valence-electron chi connectivity index (χ3n) is 3.30. The van der Waals surface area contributed by atoms with Crippen LogP contribution in [0.4, 0.5) is 0 Å². The number of aliphatic hydroxyl groups is 1. The zero-order chi connectivity index (χ0) is 13.1. The topological polar surface area (TPSA) is 67.6 Å². The Bertz CT molecular complexity index is 418. The van der Waals surface area contributed by atoms with Crippen molar-refractivity contribution in [2.24, 2.45) is 0 Å². The second-order valence-corrected chi connectivity index (χ2v) is 4.69. The van der Waals surface area contributed by atoms with Crippen LogP contribution in [-0.4, -0.2) is 58.1 Å². The van der Waals surface area contributed by atoms with E-state index in [-0.39, 0.29) is 31.2 Å². The number of methoxy groups -OCH3 is 1. The Kier molecular flexibility index (Phi) is 3.98. The first-order valence-electron chi connectivity index (χ1n) is 6.06. The lowest BCUT2D eigenvalue weighted by molar-refractivity contribution is -0.133. The van der Waals surface area contributed by atoms with Crippen LogP contribution in [0.1, 0.15) is 12.0 Å². The van der Waals surface area contributed by atoms with Gasteiger partial charge in [0.2, 0.25) is 5.91 Å². The molecule has 1 N–H and O–H groups in total. The van der Waals surface area contributed by atoms with E-state index < -0.39 is 0 Å². The number of rotatable bonds is 4. The fourth-order valence-electron chi connectivity index (χ4n) is 2.31. The molecule has 0 spiro atoms. The first-order chi connectivity index (χ1) is 8.63. The van der Waals surface area contributed by atoms with Crippen LogP contribution in [0.5, 0.6) is 0 Å². The Hall–Kier alpha value is -1.40. The number of aromatic nitrogens is 2. The number of hydrogen-bond acceptors (Lipinski definition) is 4. The summed E-state index contributed by atoms with van der Waals surface area (Å²) in [5, 5.41) is 13.4. The molecule has 1 aliphatic rings. The molecule has 1 aromatic heterocycles. The van der Waals surface area contributed by atoms with Crippen LogP contribution in [-0.2, 0) is 16.1 Å². The SMILES string of the molecule is CO[C@@H]1C[C@@H](CO)N(C(=O)Cn2cc(C)cn2)C1. The highest BCUT2D eigenvalue weighted by Gasteiger charge is 2.34. The molecule has 0 bridgehead atoms. The molecule has 1 fully saturated rings. The van der Waals surface area contributed by atoms with Crippen molar-refractivity contribution < 1.29 is 14.6 Å². The van der Waals surface area contributed by atoms with E-state index in [1.807, 2.05) is 13.1 Å². The standard InChI is InChI=1S/C12H19N3O3/c1-9-4-13-14(5-9)7-12(17)15-6-11(18-2)3-10(15)8-16/h4-5,10-11,16H,3,6-8H2,1-2H3/t10-,11+/m0/s1. The monoisotopic (exact) mass is 253 g/mol. The van der Waals surface area contributed by atoms with Crippen molar-refractivity contribution in [2.45, 2.75) is 32.0 Å². The van der Waals surface area contributed by atoms with Crippen molar-refractivity contribution in [3.8, 4) is 0 Å². The molecule has 18 heavy (non-hydrogen) atoms. The number of nitrogens with zero attached hydrogens (tertiary/aromatic N) is 3. The maximum Gasteiger partial charge on any atom is 0.244 e. The van der Waals surface area contributed by atoms with E-state index in [0.717, 1.165) is 5.56 Å². The average molecular weight is 253 g/mol. The molecular formula is C12H19N3O3. The Morgan fingerprint density at radius 3 is 3.00 bits per heavy atom. The van der Waals surface area contributed by atoms with Gasteiger partial charge >= 0.3 is 0 Å². The molecule has 1 saturated heterocycles. The number of ether oxygens (including phenoxy) is 1. The van der Waals surface area contributed by atoms with E-state index >= 15 is 0 Å². The van der Waals surface area contributed by atoms with Crippen molar-refractivity contribution in [3.63, 3.8) is 0 Å². The fraction of sp³-hybridized carbons (Fsp3) is 0.667. The van der Waals surface area contributed by atoms with Gasteiger partial charge in [0.15, 0.2) is 0 Å². The minimum absolute atomic E-state index is 0.0189. The Morgan fingerprint density at radius 2 is 2.44 bits per heavy atom. The predicted molar refractivity (Wildman–Crippen MR) is 65.0 cm³/mol. The lowest BCUT2D eigenvalue weighted by Gasteiger charge is -2.22. The van der Waals surface area contributed by atoms with Gasteiger partial charge in [-0.1, -0.05) is 0 Å². The van der Waals surface area contributed by atoms with Gasteiger partial charge in [0, 0.05) is 19.9 Å². The molecule has 1 aliphatic heterocycles. The van der Waals surface area contributed by atoms with Crippen LogP contribution >= 0.6 is 0 Å². The van der Waals surface area contributed by atoms with Crippen molar-refractivity contribution in [2.75, 3.05) is 20.3 Å². The van der Waals surface area contributed by atoms with Gasteiger partial charge in [-0.15, -0.1) is 0 Å². The zero-order valence-electron chi connectivity index (χ0n) is 10.7. The summed E-state index contributed by atoms with van der Waals surface area (Å²) in [5.41, 5.74) is 1.03. The molecule has 6 heteroatoms. The largest absolute Gasteiger partial charge is 0.394 e. The van der Waals surface area contributed by atoms with Gasteiger partial charge in [0.1, 0.15) is 6.54 Å². The highest BCUT2D eigenvalue weighted by molar-refractivity contribution is 5.76. The van der Waals surface area contributed by atoms with E-state index in [1.54, 1.807) is 22.9 Å². The number of hydrogen-bond donors (Lipinski definition) is 1. The molecule has 1 amide bonds. The second kappa shape index (κ2) is 5.49. The molecule has 0 aromatic carbocycles. The summed E-state index contributed by atoms with van der Waals surface area (Å²) in [4.78, 5) is 13.8. The number of aryl methyl sites for hydroxylation is 1. The van der Waals surface area contributed by atoms with E-state index in [2.05, 4.69) is 5.10 Å². The molecule has 2 rings (SSSR count). The van der Waals surface area contributed by atoms with Crippen LogP contribution in [0.3, 0.4) is 0 Å². The minimum Gasteiger partial charge on any atom is -0.394 e. The third-order valence-corrected chi connectivity index (χ3v) is 3.30. The fourth-order valence-corrected chi connectivity index (χ4v) is 2.31. The van der Waals surface area contributed by atoms with Crippen LogP contribution in [0, 0.1) is 6.92 Å². The summed E-state index contributed by atoms with van der Waals surface area (Å²) in [7, 11) is 1.63. The van der Waals surface area contributed by atoms with Gasteiger partial charge in [0.25, 0.3) is 0 Å². The van der Waals surface area contributed by atoms with Crippen molar-refractivity contribution in [1.82, 2.24) is 14.7 Å². The van der Waals surface area contributed by atoms with Crippen LogP contribution in [0.25, 0.3) is 0 Å². The molecular weight excluding hydrogens is 234 g/mol. The van der Waals surface area contributed by atoms with Gasteiger partial charge in [-0.3, -0.25) is 9.48 Å². The van der Waals surface area contributed by atoms with Gasteiger partial charge < -0.3 is 14.7 Å². The molecule has 0 saturated carbocycles. The first kappa shape index (κ1) is 13.0. The maximum atomic E-state index is 12.2. The van der Waals surface area contributed by atoms with Crippen LogP contribution in [0.2, 0.25) is 0 Å². The van der Waals surface area contributed by atoms with E-state index in [1.165, 1.54) is 0 Å².